The fourth-order valence-electron chi connectivity index (χ4n) is 12.1. The monoisotopic (exact) mass is 1460 g/mol. The van der Waals surface area contributed by atoms with Crippen LogP contribution in [0.2, 0.25) is 25.7 Å². The molecule has 0 radical (unpaired) electrons. The average molecular weight is 1460 g/mol. The average Bonchev–Trinajstić information content (AvgIpc) is 0.758. The highest BCUT2D eigenvalue weighted by Crippen LogP contribution is 2.40. The Hall–Kier alpha value is -9.56. The molecule has 8 aromatic rings. The summed E-state index contributed by atoms with van der Waals surface area (Å²) in [5.41, 5.74) is 1.74. The van der Waals surface area contributed by atoms with Crippen LogP contribution in [-0.2, 0) is 95.7 Å². The van der Waals surface area contributed by atoms with Gasteiger partial charge in [0.15, 0.2) is 43.3 Å². The van der Waals surface area contributed by atoms with Gasteiger partial charge in [0.25, 0.3) is 0 Å². The summed E-state index contributed by atoms with van der Waals surface area (Å²) >= 11 is 0. The van der Waals surface area contributed by atoms with E-state index in [1.165, 1.54) is 48.5 Å². The van der Waals surface area contributed by atoms with Crippen molar-refractivity contribution in [3.63, 3.8) is 0 Å². The number of rotatable bonds is 30. The first-order valence-corrected chi connectivity index (χ1v) is 39.2. The number of carbonyl (C=O) groups is 6. The van der Waals surface area contributed by atoms with Crippen molar-refractivity contribution in [2.45, 2.75) is 165 Å². The zero-order chi connectivity index (χ0) is 74.6. The van der Waals surface area contributed by atoms with Crippen LogP contribution in [0, 0.1) is 5.41 Å². The Bertz CT molecular complexity index is 4080. The fraction of sp³-hybridized carbons (Fsp3) is 0.357. The molecule has 3 saturated heterocycles. The molecule has 22 heteroatoms. The van der Waals surface area contributed by atoms with Gasteiger partial charge in [0.2, 0.25) is 0 Å². The zero-order valence-electron chi connectivity index (χ0n) is 60.3. The highest BCUT2D eigenvalue weighted by molar-refractivity contribution is 6.76. The summed E-state index contributed by atoms with van der Waals surface area (Å²) < 4.78 is 103. The molecule has 0 spiro atoms. The van der Waals surface area contributed by atoms with Crippen LogP contribution in [0.1, 0.15) is 96.2 Å². The van der Waals surface area contributed by atoms with Gasteiger partial charge in [-0.3, -0.25) is 4.79 Å². The molecular weight excluding hydrogens is 1370 g/mol. The smallest absolute Gasteiger partial charge is 0.338 e. The Kier molecular flexibility index (Phi) is 27.1. The molecule has 3 aliphatic rings. The molecule has 106 heavy (non-hydrogen) atoms. The molecule has 556 valence electrons. The lowest BCUT2D eigenvalue weighted by molar-refractivity contribution is -0.388. The van der Waals surface area contributed by atoms with Gasteiger partial charge >= 0.3 is 35.8 Å². The molecule has 0 aromatic heterocycles. The summed E-state index contributed by atoms with van der Waals surface area (Å²) in [4.78, 5) is 88.6. The lowest BCUT2D eigenvalue weighted by atomic mass is 9.94. The molecule has 3 heterocycles. The lowest BCUT2D eigenvalue weighted by Gasteiger charge is -2.51. The summed E-state index contributed by atoms with van der Waals surface area (Å²) in [5, 5.41) is 0. The Morgan fingerprint density at radius 2 is 0.670 bits per heavy atom. The van der Waals surface area contributed by atoms with Crippen LogP contribution in [-0.4, -0.2) is 156 Å². The van der Waals surface area contributed by atoms with Gasteiger partial charge in [0, 0.05) is 14.7 Å². The lowest BCUT2D eigenvalue weighted by Crippen LogP contribution is -2.68. The van der Waals surface area contributed by atoms with E-state index in [0.29, 0.717) is 6.04 Å². The van der Waals surface area contributed by atoms with E-state index in [2.05, 4.69) is 19.6 Å². The van der Waals surface area contributed by atoms with Crippen molar-refractivity contribution in [2.24, 2.45) is 5.41 Å². The fourth-order valence-corrected chi connectivity index (χ4v) is 12.9. The number of ether oxygens (including phenoxy) is 15. The van der Waals surface area contributed by atoms with Crippen LogP contribution in [0.15, 0.2) is 243 Å². The molecule has 0 N–H and O–H groups in total. The van der Waals surface area contributed by atoms with Crippen molar-refractivity contribution >= 4 is 43.9 Å². The number of benzene rings is 8. The maximum Gasteiger partial charge on any atom is 0.338 e. The van der Waals surface area contributed by atoms with Gasteiger partial charge in [0.05, 0.1) is 59.2 Å². The van der Waals surface area contributed by atoms with E-state index in [1.807, 2.05) is 97.9 Å². The van der Waals surface area contributed by atoms with Crippen molar-refractivity contribution in [3.05, 3.63) is 287 Å². The van der Waals surface area contributed by atoms with Crippen LogP contribution in [0.4, 0.5) is 0 Å². The molecule has 11 rings (SSSR count). The minimum absolute atomic E-state index is 0.0201. The quantitative estimate of drug-likeness (QED) is 0.0231. The minimum Gasteiger partial charge on any atom is -0.462 e. The van der Waals surface area contributed by atoms with E-state index >= 15 is 14.4 Å². The summed E-state index contributed by atoms with van der Waals surface area (Å²) in [6, 6.07) is 69.3. The third-order valence-corrected chi connectivity index (χ3v) is 19.6. The van der Waals surface area contributed by atoms with E-state index in [0.717, 1.165) is 16.7 Å². The van der Waals surface area contributed by atoms with Gasteiger partial charge in [-0.25, -0.2) is 24.0 Å². The molecule has 8 aromatic carbocycles. The topological polar surface area (TPSA) is 241 Å². The van der Waals surface area contributed by atoms with E-state index in [-0.39, 0.29) is 54.2 Å². The SMILES string of the molecule is C[C@@H]1O[C@@H](O[C@@H]2[C@@H](OC(=O)c3ccccc3)[C@H](OCC[Si](C)(C)C)O[C@H](COC(=O)C(C)(C)C)[C@H]2O[C@@H]2O[C@H](COC(=O)c3ccccc3)[C@H](OC(=O)c3ccccc3)[C@H](OC(=O)c3ccccc3)[C@H]2OC(=O)c2ccccc2)[C@@H](OCc2ccccc2)[C@H](OCc2ccccc2)[C@@H]1OCc1ccccc1. The summed E-state index contributed by atoms with van der Waals surface area (Å²) in [6.45, 7) is 12.2. The first kappa shape index (κ1) is 77.5. The summed E-state index contributed by atoms with van der Waals surface area (Å²) in [5.74, 6) is -5.26. The van der Waals surface area contributed by atoms with Crippen molar-refractivity contribution in [1.29, 1.82) is 0 Å². The second-order valence-electron chi connectivity index (χ2n) is 28.2. The van der Waals surface area contributed by atoms with Crippen molar-refractivity contribution in [2.75, 3.05) is 19.8 Å². The molecule has 15 atom stereocenters. The zero-order valence-corrected chi connectivity index (χ0v) is 61.3. The first-order valence-electron chi connectivity index (χ1n) is 35.5. The van der Waals surface area contributed by atoms with Gasteiger partial charge in [-0.15, -0.1) is 0 Å². The van der Waals surface area contributed by atoms with E-state index in [4.69, 9.17) is 71.1 Å². The molecule has 0 unspecified atom stereocenters. The molecule has 21 nitrogen and oxygen atoms in total. The van der Waals surface area contributed by atoms with Crippen LogP contribution in [0.25, 0.3) is 0 Å². The molecule has 0 saturated carbocycles. The first-order chi connectivity index (χ1) is 51.2. The highest BCUT2D eigenvalue weighted by atomic mass is 28.3. The maximum absolute atomic E-state index is 15.2. The Balaban J connectivity index is 1.11. The maximum atomic E-state index is 15.2. The predicted octanol–water partition coefficient (Wildman–Crippen LogP) is 13.4. The largest absolute Gasteiger partial charge is 0.462 e. The summed E-state index contributed by atoms with van der Waals surface area (Å²) in [6.07, 6.45) is -23.3. The van der Waals surface area contributed by atoms with Crippen LogP contribution < -0.4 is 0 Å². The predicted molar refractivity (Wildman–Crippen MR) is 390 cm³/mol. The Morgan fingerprint density at radius 3 is 1.09 bits per heavy atom. The molecule has 0 amide bonds. The van der Waals surface area contributed by atoms with Crippen LogP contribution in [0.5, 0.6) is 0 Å². The minimum atomic E-state index is -2.06. The Labute approximate surface area is 618 Å². The van der Waals surface area contributed by atoms with Crippen molar-refractivity contribution < 1.29 is 99.8 Å². The van der Waals surface area contributed by atoms with Gasteiger partial charge < -0.3 is 71.1 Å². The number of esters is 6. The third kappa shape index (κ3) is 21.4. The van der Waals surface area contributed by atoms with Gasteiger partial charge in [-0.05, 0) is 111 Å². The van der Waals surface area contributed by atoms with Crippen molar-refractivity contribution in [1.82, 2.24) is 0 Å². The molecule has 0 bridgehead atoms. The van der Waals surface area contributed by atoms with E-state index in [1.54, 1.807) is 124 Å². The number of carbonyl (C=O) groups excluding carboxylic acids is 6. The molecule has 0 aliphatic carbocycles. The standard InChI is InChI=1S/C84H90O21Si/c1-55-66(92-50-56-32-16-8-17-33-56)69(93-51-57-34-18-9-19-35-57)72(94-52-58-36-20-10-21-37-58)81(97-55)105-71-68(65(54-96-83(90)84(2,3)4)98-80(91-48-49-106(5,6)7)73(71)102-78(88)62-44-28-14-29-45-62)104-82-74(103-79(89)63-46-30-15-31-47-63)70(101-77(87)61-42-26-13-27-43-61)67(100-76(86)60-40-24-12-25-41-60)64(99-82)53-95-75(85)59-38-22-11-23-39-59/h8-47,55,64-74,80-82H,48-54H2,1-7H3/t55-,64+,65+,66+,67-,68+,69+,70-,71-,72-,73+,74+,80+,81-,82-/m0/s1. The summed E-state index contributed by atoms with van der Waals surface area (Å²) in [7, 11) is -1.94. The number of hydrogen-bond acceptors (Lipinski definition) is 21. The second-order valence-corrected chi connectivity index (χ2v) is 33.8. The van der Waals surface area contributed by atoms with Crippen LogP contribution >= 0.6 is 0 Å². The third-order valence-electron chi connectivity index (χ3n) is 17.9. The normalized spacial score (nSPS) is 24.5. The Morgan fingerprint density at radius 1 is 0.340 bits per heavy atom. The highest BCUT2D eigenvalue weighted by Gasteiger charge is 2.60. The second kappa shape index (κ2) is 37.1. The molecule has 3 aliphatic heterocycles. The van der Waals surface area contributed by atoms with Crippen LogP contribution in [0.3, 0.4) is 0 Å². The van der Waals surface area contributed by atoms with Gasteiger partial charge in [0.1, 0.15) is 55.9 Å². The van der Waals surface area contributed by atoms with Gasteiger partial charge in [-0.2, -0.15) is 0 Å². The van der Waals surface area contributed by atoms with E-state index < -0.39 is 155 Å². The van der Waals surface area contributed by atoms with E-state index in [9.17, 15) is 14.4 Å². The van der Waals surface area contributed by atoms with Gasteiger partial charge in [-0.1, -0.05) is 202 Å². The molecular formula is C84H90O21Si. The van der Waals surface area contributed by atoms with Crippen molar-refractivity contribution in [3.8, 4) is 0 Å². The number of hydrogen-bond donors (Lipinski definition) is 0. The molecule has 3 fully saturated rings.